The molecule has 1 aliphatic rings. The van der Waals surface area contributed by atoms with E-state index in [2.05, 4.69) is 0 Å². The van der Waals surface area contributed by atoms with Crippen molar-refractivity contribution in [3.8, 4) is 5.75 Å². The maximum absolute atomic E-state index is 12.0. The summed E-state index contributed by atoms with van der Waals surface area (Å²) in [6, 6.07) is 4.74. The van der Waals surface area contributed by atoms with Gasteiger partial charge in [-0.1, -0.05) is 0 Å². The molecule has 3 rings (SSSR count). The molecule has 1 saturated heterocycles. The van der Waals surface area contributed by atoms with Gasteiger partial charge in [-0.25, -0.2) is 0 Å². The van der Waals surface area contributed by atoms with Crippen molar-refractivity contribution in [3.63, 3.8) is 0 Å². The lowest BCUT2D eigenvalue weighted by molar-refractivity contribution is 0.00578. The summed E-state index contributed by atoms with van der Waals surface area (Å²) in [6.07, 6.45) is 1.37. The molecule has 6 nitrogen and oxygen atoms in total. The summed E-state index contributed by atoms with van der Waals surface area (Å²) in [5.74, 6) is 0.473. The number of hydrogen-bond donors (Lipinski definition) is 0. The Balaban J connectivity index is 2.10. The summed E-state index contributed by atoms with van der Waals surface area (Å²) in [5, 5.41) is 0.434. The number of ether oxygens (including phenoxy) is 2. The van der Waals surface area contributed by atoms with Crippen LogP contribution in [0.15, 0.2) is 33.7 Å². The highest BCUT2D eigenvalue weighted by atomic mass is 16.7. The molecule has 2 heterocycles. The van der Waals surface area contributed by atoms with Crippen LogP contribution in [-0.4, -0.2) is 32.2 Å². The van der Waals surface area contributed by atoms with Crippen LogP contribution < -0.4 is 15.6 Å². The van der Waals surface area contributed by atoms with Gasteiger partial charge in [-0.3, -0.25) is 4.79 Å². The highest BCUT2D eigenvalue weighted by Crippen LogP contribution is 2.37. The zero-order valence-corrected chi connectivity index (χ0v) is 14.5. The maximum Gasteiger partial charge on any atom is 0.498 e. The number of fused-ring (bicyclic) bond motifs is 1. The van der Waals surface area contributed by atoms with E-state index in [0.29, 0.717) is 22.2 Å². The van der Waals surface area contributed by atoms with Gasteiger partial charge in [-0.05, 0) is 39.8 Å². The molecule has 1 fully saturated rings. The van der Waals surface area contributed by atoms with Gasteiger partial charge in [0.05, 0.1) is 22.9 Å². The van der Waals surface area contributed by atoms with Gasteiger partial charge in [0.25, 0.3) is 0 Å². The molecule has 0 saturated carbocycles. The average molecular weight is 332 g/mol. The summed E-state index contributed by atoms with van der Waals surface area (Å²) in [6.45, 7) is 7.96. The predicted molar refractivity (Wildman–Crippen MR) is 90.7 cm³/mol. The van der Waals surface area contributed by atoms with Gasteiger partial charge >= 0.3 is 7.12 Å². The molecule has 128 valence electrons. The number of hydrogen-bond acceptors (Lipinski definition) is 6. The second kappa shape index (κ2) is 5.91. The van der Waals surface area contributed by atoms with Crippen LogP contribution in [0.25, 0.3) is 11.0 Å². The van der Waals surface area contributed by atoms with Crippen LogP contribution in [-0.2, 0) is 14.0 Å². The third-order valence-corrected chi connectivity index (χ3v) is 4.63. The second-order valence-corrected chi connectivity index (χ2v) is 6.81. The Kier molecular flexibility index (Phi) is 4.19. The van der Waals surface area contributed by atoms with Crippen LogP contribution in [0.5, 0.6) is 5.75 Å². The van der Waals surface area contributed by atoms with Gasteiger partial charge in [0.2, 0.25) is 0 Å². The first-order chi connectivity index (χ1) is 11.2. The van der Waals surface area contributed by atoms with E-state index in [-0.39, 0.29) is 12.2 Å². The molecule has 24 heavy (non-hydrogen) atoms. The highest BCUT2D eigenvalue weighted by Gasteiger charge is 2.52. The van der Waals surface area contributed by atoms with E-state index >= 15 is 0 Å². The van der Waals surface area contributed by atoms with E-state index in [0.717, 1.165) is 0 Å². The Bertz CT molecular complexity index is 794. The van der Waals surface area contributed by atoms with Gasteiger partial charge in [0.1, 0.15) is 11.3 Å². The van der Waals surface area contributed by atoms with Gasteiger partial charge in [-0.15, -0.1) is 0 Å². The second-order valence-electron chi connectivity index (χ2n) is 6.81. The van der Waals surface area contributed by atoms with Crippen LogP contribution in [0.1, 0.15) is 27.7 Å². The Hall–Kier alpha value is -1.83. The van der Waals surface area contributed by atoms with E-state index < -0.39 is 18.3 Å². The average Bonchev–Trinajstić information content (AvgIpc) is 2.73. The topological polar surface area (TPSA) is 67.1 Å². The third-order valence-electron chi connectivity index (χ3n) is 4.63. The van der Waals surface area contributed by atoms with Gasteiger partial charge in [-0.2, -0.15) is 0 Å². The summed E-state index contributed by atoms with van der Waals surface area (Å²) < 4.78 is 28.2. The summed E-state index contributed by atoms with van der Waals surface area (Å²) in [4.78, 5) is 12.0. The first kappa shape index (κ1) is 17.0. The normalized spacial score (nSPS) is 19.0. The number of rotatable bonds is 4. The monoisotopic (exact) mass is 332 g/mol. The quantitative estimate of drug-likeness (QED) is 0.631. The van der Waals surface area contributed by atoms with Crippen molar-refractivity contribution in [2.75, 3.05) is 13.9 Å². The molecule has 0 bridgehead atoms. The third kappa shape index (κ3) is 2.83. The maximum atomic E-state index is 12.0. The molecule has 0 atom stereocenters. The molecule has 1 aromatic carbocycles. The van der Waals surface area contributed by atoms with Crippen molar-refractivity contribution in [2.24, 2.45) is 0 Å². The van der Waals surface area contributed by atoms with Crippen LogP contribution in [0.4, 0.5) is 0 Å². The van der Waals surface area contributed by atoms with Crippen molar-refractivity contribution in [2.45, 2.75) is 38.9 Å². The minimum Gasteiger partial charge on any atom is -0.468 e. The van der Waals surface area contributed by atoms with Crippen LogP contribution >= 0.6 is 0 Å². The fourth-order valence-corrected chi connectivity index (χ4v) is 2.53. The van der Waals surface area contributed by atoms with E-state index in [1.54, 1.807) is 12.1 Å². The van der Waals surface area contributed by atoms with Crippen molar-refractivity contribution in [1.82, 2.24) is 0 Å². The van der Waals surface area contributed by atoms with Crippen molar-refractivity contribution in [3.05, 3.63) is 34.7 Å². The zero-order valence-electron chi connectivity index (χ0n) is 14.5. The lowest BCUT2D eigenvalue weighted by atomic mass is 9.78. The number of benzene rings is 1. The Morgan fingerprint density at radius 1 is 1.12 bits per heavy atom. The van der Waals surface area contributed by atoms with Crippen molar-refractivity contribution in [1.29, 1.82) is 0 Å². The van der Waals surface area contributed by atoms with Gasteiger partial charge in [0.15, 0.2) is 12.2 Å². The molecule has 0 aliphatic carbocycles. The molecular formula is C17H21BO6. The molecule has 7 heteroatoms. The SMILES string of the molecule is COCOc1cc2c(=O)ccoc2cc1B1OC(C)(C)C(C)(C)O1. The van der Waals surface area contributed by atoms with E-state index in [1.807, 2.05) is 27.7 Å². The molecule has 0 spiro atoms. The van der Waals surface area contributed by atoms with E-state index in [4.69, 9.17) is 23.2 Å². The largest absolute Gasteiger partial charge is 0.498 e. The fraction of sp³-hybridized carbons (Fsp3) is 0.471. The smallest absolute Gasteiger partial charge is 0.468 e. The predicted octanol–water partition coefficient (Wildman–Crippen LogP) is 2.07. The zero-order chi connectivity index (χ0) is 17.5. The minimum atomic E-state index is -0.628. The van der Waals surface area contributed by atoms with E-state index in [1.165, 1.54) is 19.4 Å². The van der Waals surface area contributed by atoms with Crippen LogP contribution in [0.2, 0.25) is 0 Å². The standard InChI is InChI=1S/C17H21BO6/c1-16(2)17(3,4)24-18(23-16)12-9-14-11(13(19)6-7-21-14)8-15(12)22-10-20-5/h6-9H,10H2,1-5H3. The molecule has 0 N–H and O–H groups in total. The summed E-state index contributed by atoms with van der Waals surface area (Å²) in [7, 11) is 0.904. The van der Waals surface area contributed by atoms with Crippen LogP contribution in [0, 0.1) is 0 Å². The summed E-state index contributed by atoms with van der Waals surface area (Å²) >= 11 is 0. The highest BCUT2D eigenvalue weighted by molar-refractivity contribution is 6.63. The molecule has 1 aromatic heterocycles. The van der Waals surface area contributed by atoms with Crippen LogP contribution in [0.3, 0.4) is 0 Å². The van der Waals surface area contributed by atoms with Crippen molar-refractivity contribution < 1.29 is 23.2 Å². The molecular weight excluding hydrogens is 311 g/mol. The lowest BCUT2D eigenvalue weighted by Crippen LogP contribution is -2.41. The van der Waals surface area contributed by atoms with Gasteiger partial charge in [0, 0.05) is 18.6 Å². The fourth-order valence-electron chi connectivity index (χ4n) is 2.53. The molecule has 0 unspecified atom stereocenters. The molecule has 1 aliphatic heterocycles. The number of methoxy groups -OCH3 is 1. The first-order valence-corrected chi connectivity index (χ1v) is 7.78. The molecule has 2 aromatic rings. The minimum absolute atomic E-state index is 0.0518. The Morgan fingerprint density at radius 2 is 1.79 bits per heavy atom. The molecule has 0 radical (unpaired) electrons. The van der Waals surface area contributed by atoms with Crippen molar-refractivity contribution >= 4 is 23.6 Å². The first-order valence-electron chi connectivity index (χ1n) is 7.78. The Labute approximate surface area is 140 Å². The van der Waals surface area contributed by atoms with E-state index in [9.17, 15) is 4.79 Å². The van der Waals surface area contributed by atoms with Gasteiger partial charge < -0.3 is 23.2 Å². The lowest BCUT2D eigenvalue weighted by Gasteiger charge is -2.32. The molecule has 0 amide bonds. The summed E-state index contributed by atoms with van der Waals surface area (Å²) in [5.41, 5.74) is 0.00856. The Morgan fingerprint density at radius 3 is 2.42 bits per heavy atom.